The van der Waals surface area contributed by atoms with Crippen LogP contribution < -0.4 is 0 Å². The van der Waals surface area contributed by atoms with E-state index in [4.69, 9.17) is 0 Å². The summed E-state index contributed by atoms with van der Waals surface area (Å²) in [6.07, 6.45) is 10.2. The van der Waals surface area contributed by atoms with Crippen LogP contribution in [0.2, 0.25) is 0 Å². The fraction of sp³-hybridized carbons (Fsp3) is 0.846. The Bertz CT molecular complexity index is 216. The second kappa shape index (κ2) is 6.67. The quantitative estimate of drug-likeness (QED) is 0.593. The van der Waals surface area contributed by atoms with Gasteiger partial charge in [-0.15, -0.1) is 0 Å². The molecule has 0 aromatic carbocycles. The Kier molecular flexibility index (Phi) is 5.20. The van der Waals surface area contributed by atoms with Gasteiger partial charge in [-0.25, -0.2) is 0 Å². The molecule has 1 heterocycles. The standard InChI is InChI=1S/C13H24N2S/c16-12-4-3-7-14-8-10-15(11-9-14)13-5-1-2-6-13/h3-4,13,16H,1-2,5-12H2. The molecule has 0 radical (unpaired) electrons. The highest BCUT2D eigenvalue weighted by atomic mass is 32.1. The Morgan fingerprint density at radius 2 is 1.69 bits per heavy atom. The van der Waals surface area contributed by atoms with Gasteiger partial charge in [-0.1, -0.05) is 25.0 Å². The number of piperazine rings is 1. The van der Waals surface area contributed by atoms with Crippen molar-refractivity contribution < 1.29 is 0 Å². The van der Waals surface area contributed by atoms with Gasteiger partial charge in [0.05, 0.1) is 0 Å². The number of rotatable bonds is 4. The SMILES string of the molecule is SCC=CCN1CCN(C2CCCC2)CC1. The first-order valence-electron chi connectivity index (χ1n) is 6.62. The maximum atomic E-state index is 4.18. The van der Waals surface area contributed by atoms with Crippen LogP contribution in [0, 0.1) is 0 Å². The summed E-state index contributed by atoms with van der Waals surface area (Å²) in [5, 5.41) is 0. The molecule has 2 aliphatic rings. The van der Waals surface area contributed by atoms with Gasteiger partial charge in [0.2, 0.25) is 0 Å². The summed E-state index contributed by atoms with van der Waals surface area (Å²) in [6.45, 7) is 6.15. The van der Waals surface area contributed by atoms with Gasteiger partial charge in [-0.05, 0) is 12.8 Å². The molecule has 1 aliphatic heterocycles. The Morgan fingerprint density at radius 1 is 1.00 bits per heavy atom. The lowest BCUT2D eigenvalue weighted by Gasteiger charge is -2.37. The van der Waals surface area contributed by atoms with E-state index >= 15 is 0 Å². The van der Waals surface area contributed by atoms with Crippen molar-refractivity contribution >= 4 is 12.6 Å². The van der Waals surface area contributed by atoms with Gasteiger partial charge in [0, 0.05) is 44.5 Å². The molecule has 0 N–H and O–H groups in total. The lowest BCUT2D eigenvalue weighted by Crippen LogP contribution is -2.49. The third kappa shape index (κ3) is 3.51. The molecule has 2 nitrogen and oxygen atoms in total. The van der Waals surface area contributed by atoms with Gasteiger partial charge in [-0.2, -0.15) is 12.6 Å². The van der Waals surface area contributed by atoms with E-state index in [-0.39, 0.29) is 0 Å². The van der Waals surface area contributed by atoms with Crippen LogP contribution in [0.15, 0.2) is 12.2 Å². The predicted molar refractivity (Wildman–Crippen MR) is 73.3 cm³/mol. The van der Waals surface area contributed by atoms with Crippen LogP contribution in [0.4, 0.5) is 0 Å². The van der Waals surface area contributed by atoms with Gasteiger partial charge < -0.3 is 0 Å². The van der Waals surface area contributed by atoms with Gasteiger partial charge in [-0.3, -0.25) is 9.80 Å². The zero-order valence-corrected chi connectivity index (χ0v) is 11.0. The first kappa shape index (κ1) is 12.5. The maximum Gasteiger partial charge on any atom is 0.0164 e. The number of nitrogens with zero attached hydrogens (tertiary/aromatic N) is 2. The van der Waals surface area contributed by atoms with Crippen LogP contribution in [0.5, 0.6) is 0 Å². The van der Waals surface area contributed by atoms with Crippen LogP contribution in [0.25, 0.3) is 0 Å². The van der Waals surface area contributed by atoms with E-state index in [2.05, 4.69) is 34.6 Å². The van der Waals surface area contributed by atoms with Crippen molar-refractivity contribution in [2.24, 2.45) is 0 Å². The van der Waals surface area contributed by atoms with Crippen molar-refractivity contribution in [1.29, 1.82) is 0 Å². The normalized spacial score (nSPS) is 25.8. The third-order valence-corrected chi connectivity index (χ3v) is 4.09. The zero-order valence-electron chi connectivity index (χ0n) is 10.1. The maximum absolute atomic E-state index is 4.18. The second-order valence-electron chi connectivity index (χ2n) is 4.93. The highest BCUT2D eigenvalue weighted by molar-refractivity contribution is 7.80. The molecule has 3 heteroatoms. The van der Waals surface area contributed by atoms with Gasteiger partial charge in [0.1, 0.15) is 0 Å². The van der Waals surface area contributed by atoms with E-state index in [1.54, 1.807) is 0 Å². The van der Waals surface area contributed by atoms with Gasteiger partial charge >= 0.3 is 0 Å². The highest BCUT2D eigenvalue weighted by Gasteiger charge is 2.25. The molecule has 16 heavy (non-hydrogen) atoms. The van der Waals surface area contributed by atoms with Crippen LogP contribution in [0.3, 0.4) is 0 Å². The van der Waals surface area contributed by atoms with Gasteiger partial charge in [0.15, 0.2) is 0 Å². The molecule has 2 fully saturated rings. The molecule has 0 aromatic heterocycles. The zero-order chi connectivity index (χ0) is 11.2. The molecule has 92 valence electrons. The molecule has 1 aliphatic carbocycles. The van der Waals surface area contributed by atoms with Crippen molar-refractivity contribution in [1.82, 2.24) is 9.80 Å². The molecule has 0 amide bonds. The summed E-state index contributed by atoms with van der Waals surface area (Å²) in [5.41, 5.74) is 0. The molecule has 0 bridgehead atoms. The molecular weight excluding hydrogens is 216 g/mol. The minimum atomic E-state index is 0.863. The summed E-state index contributed by atoms with van der Waals surface area (Å²) in [6, 6.07) is 0.912. The second-order valence-corrected chi connectivity index (χ2v) is 5.29. The summed E-state index contributed by atoms with van der Waals surface area (Å²) in [7, 11) is 0. The van der Waals surface area contributed by atoms with E-state index < -0.39 is 0 Å². The number of thiol groups is 1. The monoisotopic (exact) mass is 240 g/mol. The third-order valence-electron chi connectivity index (χ3n) is 3.88. The molecule has 0 atom stereocenters. The van der Waals surface area contributed by atoms with E-state index in [0.717, 1.165) is 18.3 Å². The van der Waals surface area contributed by atoms with Crippen LogP contribution >= 0.6 is 12.6 Å². The molecule has 1 saturated carbocycles. The van der Waals surface area contributed by atoms with E-state index in [1.165, 1.54) is 51.9 Å². The number of hydrogen-bond donors (Lipinski definition) is 1. The Labute approximate surface area is 105 Å². The van der Waals surface area contributed by atoms with Gasteiger partial charge in [0.25, 0.3) is 0 Å². The lowest BCUT2D eigenvalue weighted by molar-refractivity contribution is 0.105. The van der Waals surface area contributed by atoms with Crippen LogP contribution in [-0.4, -0.2) is 54.3 Å². The average Bonchev–Trinajstić information content (AvgIpc) is 2.84. The summed E-state index contributed by atoms with van der Waals surface area (Å²) < 4.78 is 0. The smallest absolute Gasteiger partial charge is 0.0164 e. The molecular formula is C13H24N2S. The molecule has 2 rings (SSSR count). The van der Waals surface area contributed by atoms with Crippen LogP contribution in [0.1, 0.15) is 25.7 Å². The Hall–Kier alpha value is 0.01000. The fourth-order valence-electron chi connectivity index (χ4n) is 2.88. The van der Waals surface area contributed by atoms with Crippen molar-refractivity contribution in [2.45, 2.75) is 31.7 Å². The minimum absolute atomic E-state index is 0.863. The first-order valence-corrected chi connectivity index (χ1v) is 7.25. The molecule has 0 aromatic rings. The largest absolute Gasteiger partial charge is 0.298 e. The van der Waals surface area contributed by atoms with Crippen molar-refractivity contribution in [3.8, 4) is 0 Å². The van der Waals surface area contributed by atoms with Crippen molar-refractivity contribution in [3.05, 3.63) is 12.2 Å². The molecule has 0 spiro atoms. The lowest BCUT2D eigenvalue weighted by atomic mass is 10.2. The summed E-state index contributed by atoms with van der Waals surface area (Å²) >= 11 is 4.18. The van der Waals surface area contributed by atoms with E-state index in [9.17, 15) is 0 Å². The summed E-state index contributed by atoms with van der Waals surface area (Å²) in [4.78, 5) is 5.26. The topological polar surface area (TPSA) is 6.48 Å². The summed E-state index contributed by atoms with van der Waals surface area (Å²) in [5.74, 6) is 0.863. The van der Waals surface area contributed by atoms with Crippen LogP contribution in [-0.2, 0) is 0 Å². The van der Waals surface area contributed by atoms with E-state index in [0.29, 0.717) is 0 Å². The Morgan fingerprint density at radius 3 is 2.31 bits per heavy atom. The first-order chi connectivity index (χ1) is 7.90. The van der Waals surface area contributed by atoms with E-state index in [1.807, 2.05) is 0 Å². The van der Waals surface area contributed by atoms with Crippen molar-refractivity contribution in [2.75, 3.05) is 38.5 Å². The molecule has 0 unspecified atom stereocenters. The highest BCUT2D eigenvalue weighted by Crippen LogP contribution is 2.24. The fourth-order valence-corrected chi connectivity index (χ4v) is 3.03. The predicted octanol–water partition coefficient (Wildman–Crippen LogP) is 2.03. The number of hydrogen-bond acceptors (Lipinski definition) is 3. The Balaban J connectivity index is 1.67. The van der Waals surface area contributed by atoms with Crippen molar-refractivity contribution in [3.63, 3.8) is 0 Å². The molecule has 1 saturated heterocycles. The minimum Gasteiger partial charge on any atom is -0.298 e. The average molecular weight is 240 g/mol.